The summed E-state index contributed by atoms with van der Waals surface area (Å²) in [6.07, 6.45) is 5.59. The van der Waals surface area contributed by atoms with Gasteiger partial charge < -0.3 is 10.2 Å². The fourth-order valence-electron chi connectivity index (χ4n) is 3.29. The molecule has 1 fully saturated rings. The molecule has 2 N–H and O–H groups in total. The number of hydrogen-bond donors (Lipinski definition) is 2. The predicted octanol–water partition coefficient (Wildman–Crippen LogP) is 2.71. The van der Waals surface area contributed by atoms with E-state index < -0.39 is 10.0 Å². The minimum atomic E-state index is -3.68. The normalized spacial score (nSPS) is 15.0. The number of hydrogen-bond acceptors (Lipinski definition) is 5. The second kappa shape index (κ2) is 9.86. The third-order valence-electron chi connectivity index (χ3n) is 5.19. The molecule has 0 aliphatic carbocycles. The van der Waals surface area contributed by atoms with Crippen LogP contribution >= 0.6 is 0 Å². The van der Waals surface area contributed by atoms with E-state index in [1.165, 1.54) is 31.1 Å². The number of pyridine rings is 1. The Hall–Kier alpha value is -2.71. The highest BCUT2D eigenvalue weighted by Crippen LogP contribution is 2.21. The summed E-state index contributed by atoms with van der Waals surface area (Å²) < 4.78 is 26.8. The molecule has 1 aromatic heterocycles. The van der Waals surface area contributed by atoms with E-state index in [4.69, 9.17) is 0 Å². The van der Waals surface area contributed by atoms with Gasteiger partial charge in [0.05, 0.1) is 4.90 Å². The first-order chi connectivity index (χ1) is 14.4. The molecule has 2 aromatic rings. The Balaban J connectivity index is 1.59. The van der Waals surface area contributed by atoms with Crippen molar-refractivity contribution in [2.24, 2.45) is 5.92 Å². The Bertz CT molecular complexity index is 982. The fourth-order valence-corrected chi connectivity index (χ4v) is 4.33. The molecule has 30 heavy (non-hydrogen) atoms. The van der Waals surface area contributed by atoms with E-state index in [0.29, 0.717) is 6.54 Å². The summed E-state index contributed by atoms with van der Waals surface area (Å²) in [7, 11) is -3.68. The van der Waals surface area contributed by atoms with Crippen molar-refractivity contribution in [1.82, 2.24) is 15.0 Å². The first-order valence-electron chi connectivity index (χ1n) is 10.1. The molecule has 1 aliphatic rings. The number of nitrogens with one attached hydrogen (secondary N) is 2. The van der Waals surface area contributed by atoms with Gasteiger partial charge in [0.1, 0.15) is 5.82 Å². The number of aromatic nitrogens is 1. The minimum absolute atomic E-state index is 0.0406. The molecule has 2 heterocycles. The van der Waals surface area contributed by atoms with E-state index >= 15 is 0 Å². The SMILES string of the molecule is C=CCNS(=O)(=O)c1cccc(C(=O)NCc2ccc(N3CCC(C)CC3)nc2)c1. The molecule has 8 heteroatoms. The molecular formula is C22H28N4O3S. The highest BCUT2D eigenvalue weighted by Gasteiger charge is 2.17. The quantitative estimate of drug-likeness (QED) is 0.631. The number of nitrogens with zero attached hydrogens (tertiary/aromatic N) is 2. The van der Waals surface area contributed by atoms with E-state index in [9.17, 15) is 13.2 Å². The molecule has 3 rings (SSSR count). The lowest BCUT2D eigenvalue weighted by Crippen LogP contribution is -2.33. The molecule has 1 saturated heterocycles. The third kappa shape index (κ3) is 5.67. The Morgan fingerprint density at radius 2 is 2.03 bits per heavy atom. The number of benzene rings is 1. The summed E-state index contributed by atoms with van der Waals surface area (Å²) in [5, 5.41) is 2.82. The Morgan fingerprint density at radius 1 is 1.27 bits per heavy atom. The maximum Gasteiger partial charge on any atom is 0.251 e. The molecule has 1 amide bonds. The van der Waals surface area contributed by atoms with Crippen LogP contribution in [0.4, 0.5) is 5.82 Å². The Kier molecular flexibility index (Phi) is 7.23. The minimum Gasteiger partial charge on any atom is -0.357 e. The van der Waals surface area contributed by atoms with Crippen LogP contribution in [0.15, 0.2) is 60.1 Å². The average molecular weight is 429 g/mol. The van der Waals surface area contributed by atoms with Gasteiger partial charge in [-0.25, -0.2) is 18.1 Å². The van der Waals surface area contributed by atoms with Crippen LogP contribution in [-0.2, 0) is 16.6 Å². The van der Waals surface area contributed by atoms with E-state index in [-0.39, 0.29) is 22.9 Å². The molecule has 1 aliphatic heterocycles. The second-order valence-corrected chi connectivity index (χ2v) is 9.31. The van der Waals surface area contributed by atoms with Crippen LogP contribution in [0, 0.1) is 5.92 Å². The van der Waals surface area contributed by atoms with Crippen LogP contribution in [0.5, 0.6) is 0 Å². The topological polar surface area (TPSA) is 91.4 Å². The van der Waals surface area contributed by atoms with Gasteiger partial charge in [0.25, 0.3) is 5.91 Å². The highest BCUT2D eigenvalue weighted by atomic mass is 32.2. The molecule has 0 saturated carbocycles. The van der Waals surface area contributed by atoms with Gasteiger partial charge in [-0.15, -0.1) is 6.58 Å². The van der Waals surface area contributed by atoms with Crippen molar-refractivity contribution < 1.29 is 13.2 Å². The van der Waals surface area contributed by atoms with Crippen molar-refractivity contribution >= 4 is 21.7 Å². The van der Waals surface area contributed by atoms with Gasteiger partial charge in [-0.1, -0.05) is 25.1 Å². The lowest BCUT2D eigenvalue weighted by molar-refractivity contribution is 0.0950. The maximum absolute atomic E-state index is 12.5. The van der Waals surface area contributed by atoms with Crippen molar-refractivity contribution in [3.63, 3.8) is 0 Å². The predicted molar refractivity (Wildman–Crippen MR) is 118 cm³/mol. The first-order valence-corrected chi connectivity index (χ1v) is 11.6. The van der Waals surface area contributed by atoms with Gasteiger partial charge in [0, 0.05) is 37.9 Å². The van der Waals surface area contributed by atoms with E-state index in [2.05, 4.69) is 33.4 Å². The molecule has 0 spiro atoms. The zero-order valence-corrected chi connectivity index (χ0v) is 18.0. The van der Waals surface area contributed by atoms with Crippen LogP contribution in [-0.4, -0.2) is 38.9 Å². The van der Waals surface area contributed by atoms with E-state index in [0.717, 1.165) is 30.4 Å². The van der Waals surface area contributed by atoms with E-state index in [1.807, 2.05) is 12.1 Å². The number of rotatable bonds is 8. The molecule has 7 nitrogen and oxygen atoms in total. The monoisotopic (exact) mass is 428 g/mol. The lowest BCUT2D eigenvalue weighted by Gasteiger charge is -2.31. The van der Waals surface area contributed by atoms with Crippen molar-refractivity contribution in [2.45, 2.75) is 31.2 Å². The molecule has 0 bridgehead atoms. The number of carbonyl (C=O) groups is 1. The highest BCUT2D eigenvalue weighted by molar-refractivity contribution is 7.89. The van der Waals surface area contributed by atoms with Gasteiger partial charge >= 0.3 is 0 Å². The van der Waals surface area contributed by atoms with Crippen LogP contribution in [0.1, 0.15) is 35.7 Å². The smallest absolute Gasteiger partial charge is 0.251 e. The number of carbonyl (C=O) groups excluding carboxylic acids is 1. The summed E-state index contributed by atoms with van der Waals surface area (Å²) in [5.74, 6) is 1.38. The van der Waals surface area contributed by atoms with Gasteiger partial charge in [-0.2, -0.15) is 0 Å². The average Bonchev–Trinajstić information content (AvgIpc) is 2.77. The number of anilines is 1. The largest absolute Gasteiger partial charge is 0.357 e. The lowest BCUT2D eigenvalue weighted by atomic mass is 9.99. The van der Waals surface area contributed by atoms with Gasteiger partial charge in [-0.05, 0) is 48.6 Å². The van der Waals surface area contributed by atoms with Crippen LogP contribution in [0.25, 0.3) is 0 Å². The Labute approximate surface area is 178 Å². The van der Waals surface area contributed by atoms with Crippen LogP contribution in [0.3, 0.4) is 0 Å². The van der Waals surface area contributed by atoms with Crippen molar-refractivity contribution in [3.05, 3.63) is 66.4 Å². The number of piperidine rings is 1. The van der Waals surface area contributed by atoms with Gasteiger partial charge in [-0.3, -0.25) is 4.79 Å². The van der Waals surface area contributed by atoms with Crippen molar-refractivity contribution in [3.8, 4) is 0 Å². The molecule has 1 aromatic carbocycles. The van der Waals surface area contributed by atoms with Crippen molar-refractivity contribution in [1.29, 1.82) is 0 Å². The molecule has 0 atom stereocenters. The molecular weight excluding hydrogens is 400 g/mol. The summed E-state index contributed by atoms with van der Waals surface area (Å²) in [6, 6.07) is 9.89. The number of amides is 1. The molecule has 0 unspecified atom stereocenters. The Morgan fingerprint density at radius 3 is 2.70 bits per heavy atom. The summed E-state index contributed by atoms with van der Waals surface area (Å²) in [6.45, 7) is 8.25. The summed E-state index contributed by atoms with van der Waals surface area (Å²) in [4.78, 5) is 19.3. The molecule has 0 radical (unpaired) electrons. The zero-order valence-electron chi connectivity index (χ0n) is 17.2. The van der Waals surface area contributed by atoms with Crippen LogP contribution < -0.4 is 14.9 Å². The summed E-state index contributed by atoms with van der Waals surface area (Å²) in [5.41, 5.74) is 1.16. The fraction of sp³-hybridized carbons (Fsp3) is 0.364. The summed E-state index contributed by atoms with van der Waals surface area (Å²) >= 11 is 0. The number of sulfonamides is 1. The van der Waals surface area contributed by atoms with Gasteiger partial charge in [0.15, 0.2) is 0 Å². The third-order valence-corrected chi connectivity index (χ3v) is 6.62. The molecule has 160 valence electrons. The van der Waals surface area contributed by atoms with E-state index in [1.54, 1.807) is 18.3 Å². The zero-order chi connectivity index (χ0) is 21.6. The van der Waals surface area contributed by atoms with Crippen LogP contribution in [0.2, 0.25) is 0 Å². The second-order valence-electron chi connectivity index (χ2n) is 7.55. The van der Waals surface area contributed by atoms with Gasteiger partial charge in [0.2, 0.25) is 10.0 Å². The first kappa shape index (κ1) is 22.0. The standard InChI is InChI=1S/C22H28N4O3S/c1-3-11-25-30(28,29)20-6-4-5-19(14-20)22(27)24-16-18-7-8-21(23-15-18)26-12-9-17(2)10-13-26/h3-8,14-15,17,25H,1,9-13,16H2,2H3,(H,24,27). The van der Waals surface area contributed by atoms with Crippen molar-refractivity contribution in [2.75, 3.05) is 24.5 Å². The maximum atomic E-state index is 12.5.